The number of fused-ring (bicyclic) bond motifs is 3. The number of aliphatic hydroxyl groups is 1. The van der Waals surface area contributed by atoms with Crippen LogP contribution in [0.15, 0.2) is 35.9 Å². The first-order valence-electron chi connectivity index (χ1n) is 17.7. The molecule has 1 N–H and O–H groups in total. The average Bonchev–Trinajstić information content (AvgIpc) is 3.89. The summed E-state index contributed by atoms with van der Waals surface area (Å²) in [5.41, 5.74) is -1.94. The van der Waals surface area contributed by atoms with Crippen molar-refractivity contribution < 1.29 is 48.0 Å². The minimum Gasteiger partial charge on any atom is -0.487 e. The van der Waals surface area contributed by atoms with E-state index in [1.54, 1.807) is 18.5 Å². The first kappa shape index (κ1) is 31.8. The van der Waals surface area contributed by atoms with Gasteiger partial charge in [0.05, 0.1) is 23.9 Å². The molecule has 5 aliphatic carbocycles. The number of esters is 4. The number of carbonyl (C=O) groups is 4. The lowest BCUT2D eigenvalue weighted by Crippen LogP contribution is -2.72. The fraction of sp³-hybridized carbons (Fsp3) is 0.703. The van der Waals surface area contributed by atoms with Gasteiger partial charge in [0.25, 0.3) is 0 Å². The Bertz CT molecular complexity index is 1550. The lowest BCUT2D eigenvalue weighted by atomic mass is 9.42. The van der Waals surface area contributed by atoms with E-state index in [4.69, 9.17) is 23.7 Å². The highest BCUT2D eigenvalue weighted by Crippen LogP contribution is 2.67. The molecule has 2 aliphatic heterocycles. The molecule has 9 atom stereocenters. The van der Waals surface area contributed by atoms with Crippen molar-refractivity contribution in [2.75, 3.05) is 6.61 Å². The molecule has 1 unspecified atom stereocenters. The summed E-state index contributed by atoms with van der Waals surface area (Å²) in [4.78, 5) is 57.2. The third kappa shape index (κ3) is 5.22. The molecular weight excluding hydrogens is 618 g/mol. The molecule has 1 aromatic rings. The Morgan fingerprint density at radius 3 is 2.21 bits per heavy atom. The zero-order chi connectivity index (χ0) is 33.6. The predicted octanol–water partition coefficient (Wildman–Crippen LogP) is 4.51. The highest BCUT2D eigenvalue weighted by molar-refractivity contribution is 5.91. The van der Waals surface area contributed by atoms with Crippen LogP contribution < -0.4 is 0 Å². The van der Waals surface area contributed by atoms with Crippen LogP contribution in [0.5, 0.6) is 0 Å². The van der Waals surface area contributed by atoms with E-state index in [0.29, 0.717) is 30.6 Å². The minimum atomic E-state index is -1.28. The molecule has 7 aliphatic rings. The van der Waals surface area contributed by atoms with Gasteiger partial charge in [0.15, 0.2) is 0 Å². The summed E-state index contributed by atoms with van der Waals surface area (Å²) in [6.07, 6.45) is 6.36. The van der Waals surface area contributed by atoms with E-state index in [1.165, 1.54) is 0 Å². The molecule has 11 nitrogen and oxygen atoms in total. The Morgan fingerprint density at radius 2 is 1.58 bits per heavy atom. The highest BCUT2D eigenvalue weighted by Gasteiger charge is 2.71. The zero-order valence-corrected chi connectivity index (χ0v) is 27.9. The maximum atomic E-state index is 13.7. The van der Waals surface area contributed by atoms with Crippen molar-refractivity contribution in [3.05, 3.63) is 41.4 Å². The Hall–Kier alpha value is -3.47. The average molecular weight is 664 g/mol. The van der Waals surface area contributed by atoms with E-state index in [2.05, 4.69) is 11.9 Å². The van der Waals surface area contributed by atoms with Gasteiger partial charge in [0.2, 0.25) is 0 Å². The quantitative estimate of drug-likeness (QED) is 0.309. The van der Waals surface area contributed by atoms with Gasteiger partial charge in [-0.15, -0.1) is 0 Å². The number of rotatable bonds is 8. The van der Waals surface area contributed by atoms with Crippen LogP contribution in [0.25, 0.3) is 0 Å². The van der Waals surface area contributed by atoms with Crippen molar-refractivity contribution in [3.8, 4) is 0 Å². The predicted molar refractivity (Wildman–Crippen MR) is 166 cm³/mol. The smallest absolute Gasteiger partial charge is 0.340 e. The van der Waals surface area contributed by atoms with Gasteiger partial charge in [-0.05, 0) is 82.1 Å². The van der Waals surface area contributed by atoms with Crippen LogP contribution in [0.2, 0.25) is 0 Å². The fourth-order valence-electron chi connectivity index (χ4n) is 9.46. The van der Waals surface area contributed by atoms with Crippen molar-refractivity contribution in [2.45, 2.75) is 115 Å². The number of carbonyl (C=O) groups excluding carboxylic acids is 4. The number of aliphatic hydroxyl groups excluding tert-OH is 1. The first-order chi connectivity index (χ1) is 22.9. The van der Waals surface area contributed by atoms with Gasteiger partial charge in [0, 0.05) is 35.7 Å². The molecule has 48 heavy (non-hydrogen) atoms. The summed E-state index contributed by atoms with van der Waals surface area (Å²) < 4.78 is 31.3. The number of hydrogen-bond acceptors (Lipinski definition) is 11. The zero-order valence-electron chi connectivity index (χ0n) is 27.9. The summed E-state index contributed by atoms with van der Waals surface area (Å²) >= 11 is 0. The molecule has 0 amide bonds. The van der Waals surface area contributed by atoms with E-state index >= 15 is 0 Å². The van der Waals surface area contributed by atoms with E-state index in [9.17, 15) is 24.3 Å². The number of nitrogens with zero attached hydrogens (tertiary/aromatic N) is 1. The molecule has 0 spiro atoms. The molecule has 0 bridgehead atoms. The van der Waals surface area contributed by atoms with Crippen LogP contribution in [0.1, 0.15) is 96.6 Å². The Kier molecular flexibility index (Phi) is 7.47. The summed E-state index contributed by atoms with van der Waals surface area (Å²) in [7, 11) is 0. The lowest BCUT2D eigenvalue weighted by Gasteiger charge is -2.66. The monoisotopic (exact) mass is 663 g/mol. The molecule has 258 valence electrons. The normalized spacial score (nSPS) is 40.3. The van der Waals surface area contributed by atoms with Gasteiger partial charge in [-0.1, -0.05) is 19.9 Å². The highest BCUT2D eigenvalue weighted by atomic mass is 16.6. The number of pyridine rings is 1. The second kappa shape index (κ2) is 11.3. The third-order valence-corrected chi connectivity index (χ3v) is 12.6. The fourth-order valence-corrected chi connectivity index (χ4v) is 9.46. The van der Waals surface area contributed by atoms with Crippen molar-refractivity contribution >= 4 is 23.9 Å². The van der Waals surface area contributed by atoms with E-state index in [-0.39, 0.29) is 60.2 Å². The van der Waals surface area contributed by atoms with Crippen LogP contribution in [-0.4, -0.2) is 64.5 Å². The molecule has 0 aromatic carbocycles. The van der Waals surface area contributed by atoms with Crippen LogP contribution in [0, 0.1) is 40.4 Å². The Balaban J connectivity index is 1.18. The molecule has 8 rings (SSSR count). The Morgan fingerprint density at radius 1 is 0.938 bits per heavy atom. The van der Waals surface area contributed by atoms with Gasteiger partial charge in [-0.3, -0.25) is 19.4 Å². The molecule has 0 radical (unpaired) electrons. The van der Waals surface area contributed by atoms with Crippen LogP contribution in [0.3, 0.4) is 0 Å². The summed E-state index contributed by atoms with van der Waals surface area (Å²) in [6.45, 7) is 6.00. The lowest BCUT2D eigenvalue weighted by molar-refractivity contribution is -0.281. The minimum absolute atomic E-state index is 0.0255. The number of hydrogen-bond donors (Lipinski definition) is 1. The van der Waals surface area contributed by atoms with Gasteiger partial charge in [-0.2, -0.15) is 0 Å². The van der Waals surface area contributed by atoms with Crippen molar-refractivity contribution in [1.29, 1.82) is 0 Å². The number of aromatic nitrogens is 1. The Labute approximate surface area is 280 Å². The SMILES string of the molecule is C[C@]1(COC(=O)C2CC2)[C@@H]2C[C@H](OC(=O)C3CC3)[C@@]3(C)OC4=C(C(=O)OC(c5cccnc5)C4)[C@H](O)[C@@H]3[C@@]2(C)CC[C@@H]1OC(=O)C1CC1. The molecule has 5 saturated carbocycles. The van der Waals surface area contributed by atoms with Crippen LogP contribution >= 0.6 is 0 Å². The standard InChI is InChI=1S/C37H45NO10/c1-35-13-12-26(46-32(41)20-8-9-20)36(2,18-44-31(40)19-6-7-19)25(35)16-27(47-33(42)21-10-11-21)37(3)30(35)29(39)28-24(48-37)15-23(45-34(28)43)22-5-4-14-38-17-22/h4-5,14,17,19-21,23,25-27,29-30,39H,6-13,15-16,18H2,1-3H3/t23?,25-,26+,27+,29+,30-,35+,36+,37-/m1/s1. The summed E-state index contributed by atoms with van der Waals surface area (Å²) in [6, 6.07) is 3.60. The second-order valence-corrected chi connectivity index (χ2v) is 16.0. The van der Waals surface area contributed by atoms with E-state index in [0.717, 1.165) is 38.5 Å². The molecular formula is C37H45NO10. The topological polar surface area (TPSA) is 148 Å². The molecule has 3 heterocycles. The van der Waals surface area contributed by atoms with E-state index < -0.39 is 52.7 Å². The number of ether oxygens (including phenoxy) is 5. The van der Waals surface area contributed by atoms with Crippen LogP contribution in [-0.2, 0) is 42.9 Å². The summed E-state index contributed by atoms with van der Waals surface area (Å²) in [5.74, 6) is -2.50. The molecule has 0 saturated heterocycles. The molecule has 1 aromatic heterocycles. The van der Waals surface area contributed by atoms with Crippen molar-refractivity contribution in [2.24, 2.45) is 40.4 Å². The maximum absolute atomic E-state index is 13.7. The van der Waals surface area contributed by atoms with E-state index in [1.807, 2.05) is 19.9 Å². The first-order valence-corrected chi connectivity index (χ1v) is 17.7. The maximum Gasteiger partial charge on any atom is 0.340 e. The summed E-state index contributed by atoms with van der Waals surface area (Å²) in [5, 5.41) is 12.4. The van der Waals surface area contributed by atoms with Gasteiger partial charge >= 0.3 is 23.9 Å². The largest absolute Gasteiger partial charge is 0.487 e. The molecule has 11 heteroatoms. The van der Waals surface area contributed by atoms with Gasteiger partial charge in [-0.25, -0.2) is 4.79 Å². The van der Waals surface area contributed by atoms with Crippen molar-refractivity contribution in [1.82, 2.24) is 4.98 Å². The second-order valence-electron chi connectivity index (χ2n) is 16.0. The van der Waals surface area contributed by atoms with Gasteiger partial charge < -0.3 is 28.8 Å². The van der Waals surface area contributed by atoms with Crippen molar-refractivity contribution in [3.63, 3.8) is 0 Å². The molecule has 5 fully saturated rings. The van der Waals surface area contributed by atoms with Gasteiger partial charge in [0.1, 0.15) is 41.9 Å². The van der Waals surface area contributed by atoms with Crippen LogP contribution in [0.4, 0.5) is 0 Å². The number of cyclic esters (lactones) is 1. The third-order valence-electron chi connectivity index (χ3n) is 12.6.